The summed E-state index contributed by atoms with van der Waals surface area (Å²) in [7, 11) is 1.71. The van der Waals surface area contributed by atoms with E-state index in [4.69, 9.17) is 9.26 Å². The first-order valence-corrected chi connectivity index (χ1v) is 9.73. The minimum atomic E-state index is -0.0435. The van der Waals surface area contributed by atoms with Gasteiger partial charge in [-0.3, -0.25) is 4.79 Å². The molecule has 0 unspecified atom stereocenters. The zero-order valence-corrected chi connectivity index (χ0v) is 16.1. The van der Waals surface area contributed by atoms with Crippen LogP contribution in [-0.4, -0.2) is 57.5 Å². The Morgan fingerprint density at radius 2 is 2.00 bits per heavy atom. The van der Waals surface area contributed by atoms with E-state index in [9.17, 15) is 4.79 Å². The highest BCUT2D eigenvalue weighted by molar-refractivity contribution is 5.91. The number of nitrogens with zero attached hydrogens (tertiary/aromatic N) is 5. The van der Waals surface area contributed by atoms with E-state index >= 15 is 0 Å². The highest BCUT2D eigenvalue weighted by Gasteiger charge is 2.38. The van der Waals surface area contributed by atoms with Gasteiger partial charge in [0.25, 0.3) is 5.91 Å². The molecule has 0 N–H and O–H groups in total. The third-order valence-corrected chi connectivity index (χ3v) is 6.13. The number of hydrogen-bond acceptors (Lipinski definition) is 6. The van der Waals surface area contributed by atoms with E-state index < -0.39 is 0 Å². The van der Waals surface area contributed by atoms with Gasteiger partial charge in [-0.15, -0.1) is 10.2 Å². The normalized spacial score (nSPS) is 19.1. The molecular formula is C19H27N5O3. The van der Waals surface area contributed by atoms with Gasteiger partial charge in [-0.25, -0.2) is 0 Å². The predicted molar refractivity (Wildman–Crippen MR) is 97.4 cm³/mol. The first kappa shape index (κ1) is 18.2. The third kappa shape index (κ3) is 3.63. The van der Waals surface area contributed by atoms with Gasteiger partial charge in [0, 0.05) is 45.7 Å². The number of piperidine rings is 1. The SMILES string of the molecule is COCCc1nnc2n1CCC1(CC2)CCN(C(=O)c2cc(C)no2)CC1. The number of aromatic nitrogens is 4. The van der Waals surface area contributed by atoms with Gasteiger partial charge >= 0.3 is 0 Å². The van der Waals surface area contributed by atoms with Crippen molar-refractivity contribution in [3.63, 3.8) is 0 Å². The number of fused-ring (bicyclic) bond motifs is 1. The van der Waals surface area contributed by atoms with Gasteiger partial charge in [0.15, 0.2) is 0 Å². The Morgan fingerprint density at radius 3 is 2.70 bits per heavy atom. The Balaban J connectivity index is 1.39. The molecule has 8 heteroatoms. The minimum Gasteiger partial charge on any atom is -0.384 e. The van der Waals surface area contributed by atoms with Crippen LogP contribution in [0.2, 0.25) is 0 Å². The van der Waals surface area contributed by atoms with Gasteiger partial charge < -0.3 is 18.7 Å². The highest BCUT2D eigenvalue weighted by Crippen LogP contribution is 2.41. The second kappa shape index (κ2) is 7.42. The number of rotatable bonds is 4. The van der Waals surface area contributed by atoms with Gasteiger partial charge in [-0.1, -0.05) is 5.16 Å². The molecule has 1 amide bonds. The molecule has 1 fully saturated rings. The third-order valence-electron chi connectivity index (χ3n) is 6.13. The molecule has 2 aliphatic heterocycles. The van der Waals surface area contributed by atoms with Crippen LogP contribution < -0.4 is 0 Å². The quantitative estimate of drug-likeness (QED) is 0.815. The van der Waals surface area contributed by atoms with Gasteiger partial charge in [-0.2, -0.15) is 0 Å². The molecular weight excluding hydrogens is 346 g/mol. The van der Waals surface area contributed by atoms with Gasteiger partial charge in [-0.05, 0) is 38.0 Å². The van der Waals surface area contributed by atoms with Crippen LogP contribution in [0.1, 0.15) is 53.6 Å². The van der Waals surface area contributed by atoms with Crippen molar-refractivity contribution in [1.82, 2.24) is 24.8 Å². The topological polar surface area (TPSA) is 86.3 Å². The van der Waals surface area contributed by atoms with Crippen LogP contribution in [0.25, 0.3) is 0 Å². The minimum absolute atomic E-state index is 0.0435. The molecule has 2 aliphatic rings. The summed E-state index contributed by atoms with van der Waals surface area (Å²) >= 11 is 0. The van der Waals surface area contributed by atoms with E-state index in [-0.39, 0.29) is 11.3 Å². The van der Waals surface area contributed by atoms with Crippen LogP contribution in [0.3, 0.4) is 0 Å². The summed E-state index contributed by atoms with van der Waals surface area (Å²) in [5.74, 6) is 2.42. The summed E-state index contributed by atoms with van der Waals surface area (Å²) in [6, 6.07) is 1.71. The highest BCUT2D eigenvalue weighted by atomic mass is 16.5. The molecule has 1 spiro atoms. The molecule has 2 aromatic heterocycles. The predicted octanol–water partition coefficient (Wildman–Crippen LogP) is 2.02. The average Bonchev–Trinajstić information content (AvgIpc) is 3.25. The van der Waals surface area contributed by atoms with Gasteiger partial charge in [0.1, 0.15) is 11.6 Å². The number of ether oxygens (including phenoxy) is 1. The Labute approximate surface area is 158 Å². The summed E-state index contributed by atoms with van der Waals surface area (Å²) in [6.07, 6.45) is 6.03. The molecule has 0 saturated carbocycles. The summed E-state index contributed by atoms with van der Waals surface area (Å²) in [5.41, 5.74) is 1.02. The molecule has 0 radical (unpaired) electrons. The van der Waals surface area contributed by atoms with Crippen molar-refractivity contribution in [2.24, 2.45) is 5.41 Å². The summed E-state index contributed by atoms with van der Waals surface area (Å²) in [5, 5.41) is 12.6. The number of carbonyl (C=O) groups excluding carboxylic acids is 1. The Kier molecular flexibility index (Phi) is 4.99. The monoisotopic (exact) mass is 373 g/mol. The van der Waals surface area contributed by atoms with Crippen molar-refractivity contribution in [2.75, 3.05) is 26.8 Å². The van der Waals surface area contributed by atoms with E-state index in [1.54, 1.807) is 13.2 Å². The van der Waals surface area contributed by atoms with Crippen LogP contribution in [0.5, 0.6) is 0 Å². The maximum absolute atomic E-state index is 12.6. The molecule has 8 nitrogen and oxygen atoms in total. The Morgan fingerprint density at radius 1 is 1.22 bits per heavy atom. The van der Waals surface area contributed by atoms with Crippen molar-refractivity contribution in [1.29, 1.82) is 0 Å². The van der Waals surface area contributed by atoms with E-state index in [2.05, 4.69) is 19.9 Å². The van der Waals surface area contributed by atoms with Crippen LogP contribution in [0.4, 0.5) is 0 Å². The maximum Gasteiger partial charge on any atom is 0.292 e. The lowest BCUT2D eigenvalue weighted by atomic mass is 9.72. The van der Waals surface area contributed by atoms with Crippen molar-refractivity contribution >= 4 is 5.91 Å². The molecule has 27 heavy (non-hydrogen) atoms. The maximum atomic E-state index is 12.6. The molecule has 0 aromatic carbocycles. The zero-order valence-electron chi connectivity index (χ0n) is 16.1. The second-order valence-electron chi connectivity index (χ2n) is 7.80. The fourth-order valence-electron chi connectivity index (χ4n) is 4.35. The molecule has 0 atom stereocenters. The summed E-state index contributed by atoms with van der Waals surface area (Å²) in [4.78, 5) is 14.5. The Hall–Kier alpha value is -2.22. The summed E-state index contributed by atoms with van der Waals surface area (Å²) < 4.78 is 12.6. The van der Waals surface area contributed by atoms with Crippen LogP contribution in [0.15, 0.2) is 10.6 Å². The lowest BCUT2D eigenvalue weighted by Gasteiger charge is -2.41. The van der Waals surface area contributed by atoms with Crippen molar-refractivity contribution in [2.45, 2.75) is 52.0 Å². The molecule has 4 heterocycles. The lowest BCUT2D eigenvalue weighted by Crippen LogP contribution is -2.43. The molecule has 0 bridgehead atoms. The molecule has 2 aromatic rings. The number of carbonyl (C=O) groups is 1. The van der Waals surface area contributed by atoms with Gasteiger partial charge in [0.05, 0.1) is 12.3 Å². The molecule has 146 valence electrons. The number of aryl methyl sites for hydroxylation is 2. The van der Waals surface area contributed by atoms with Crippen molar-refractivity contribution in [3.8, 4) is 0 Å². The number of hydrogen-bond donors (Lipinski definition) is 0. The smallest absolute Gasteiger partial charge is 0.292 e. The summed E-state index contributed by atoms with van der Waals surface area (Å²) in [6.45, 7) is 5.00. The van der Waals surface area contributed by atoms with Crippen molar-refractivity contribution < 1.29 is 14.1 Å². The molecule has 4 rings (SSSR count). The van der Waals surface area contributed by atoms with E-state index in [0.717, 1.165) is 75.5 Å². The van der Waals surface area contributed by atoms with E-state index in [1.807, 2.05) is 11.8 Å². The molecule has 0 aliphatic carbocycles. The van der Waals surface area contributed by atoms with Crippen molar-refractivity contribution in [3.05, 3.63) is 29.2 Å². The Bertz CT molecular complexity index is 804. The van der Waals surface area contributed by atoms with E-state index in [1.165, 1.54) is 0 Å². The van der Waals surface area contributed by atoms with Crippen LogP contribution in [0, 0.1) is 12.3 Å². The number of amides is 1. The second-order valence-corrected chi connectivity index (χ2v) is 7.80. The number of methoxy groups -OCH3 is 1. The first-order valence-electron chi connectivity index (χ1n) is 9.73. The first-order chi connectivity index (χ1) is 13.1. The zero-order chi connectivity index (χ0) is 18.9. The lowest BCUT2D eigenvalue weighted by molar-refractivity contribution is 0.0499. The van der Waals surface area contributed by atoms with Crippen LogP contribution >= 0.6 is 0 Å². The molecule has 1 saturated heterocycles. The average molecular weight is 373 g/mol. The van der Waals surface area contributed by atoms with Crippen LogP contribution in [-0.2, 0) is 24.1 Å². The van der Waals surface area contributed by atoms with Gasteiger partial charge in [0.2, 0.25) is 5.76 Å². The standard InChI is InChI=1S/C19H27N5O3/c1-14-13-15(27-22-14)18(25)23-9-6-19(7-10-23)5-3-16-20-21-17(4-12-26-2)24(16)11-8-19/h13H,3-12H2,1-2H3. The fraction of sp³-hybridized carbons (Fsp3) is 0.684. The van der Waals surface area contributed by atoms with E-state index in [0.29, 0.717) is 12.4 Å². The largest absolute Gasteiger partial charge is 0.384 e. The fourth-order valence-corrected chi connectivity index (χ4v) is 4.35. The number of likely N-dealkylation sites (tertiary alicyclic amines) is 1.